The van der Waals surface area contributed by atoms with Crippen molar-refractivity contribution < 1.29 is 14.3 Å². The number of amides is 1. The molecule has 0 spiro atoms. The highest BCUT2D eigenvalue weighted by molar-refractivity contribution is 5.81. The number of aryl methyl sites for hydroxylation is 1. The van der Waals surface area contributed by atoms with Crippen LogP contribution in [-0.4, -0.2) is 59.1 Å². The number of benzene rings is 1. The molecule has 1 aromatic heterocycles. The number of ether oxygens (including phenoxy) is 1. The molecule has 1 unspecified atom stereocenters. The lowest BCUT2D eigenvalue weighted by atomic mass is 9.92. The number of nitrogens with zero attached hydrogens (tertiary/aromatic N) is 4. The van der Waals surface area contributed by atoms with Crippen molar-refractivity contribution in [1.29, 1.82) is 0 Å². The van der Waals surface area contributed by atoms with Crippen LogP contribution in [0.5, 0.6) is 0 Å². The molecule has 0 bridgehead atoms. The molecule has 1 amide bonds. The molecule has 1 aromatic carbocycles. The van der Waals surface area contributed by atoms with Gasteiger partial charge in [0.15, 0.2) is 0 Å². The van der Waals surface area contributed by atoms with Crippen molar-refractivity contribution in [3.8, 4) is 0 Å². The zero-order chi connectivity index (χ0) is 21.8. The van der Waals surface area contributed by atoms with E-state index >= 15 is 0 Å². The van der Waals surface area contributed by atoms with Gasteiger partial charge in [0.2, 0.25) is 11.9 Å². The van der Waals surface area contributed by atoms with E-state index in [-0.39, 0.29) is 23.7 Å². The first-order chi connectivity index (χ1) is 15.1. The van der Waals surface area contributed by atoms with E-state index in [9.17, 15) is 9.59 Å². The zero-order valence-corrected chi connectivity index (χ0v) is 18.8. The number of aromatic nitrogens is 2. The summed E-state index contributed by atoms with van der Waals surface area (Å²) < 4.78 is 7.49. The van der Waals surface area contributed by atoms with E-state index in [2.05, 4.69) is 34.6 Å². The Morgan fingerprint density at radius 2 is 1.84 bits per heavy atom. The molecule has 7 heteroatoms. The van der Waals surface area contributed by atoms with Crippen LogP contribution in [0.1, 0.15) is 46.0 Å². The van der Waals surface area contributed by atoms with Crippen LogP contribution in [0.15, 0.2) is 24.3 Å². The number of imidazole rings is 1. The Kier molecular flexibility index (Phi) is 6.78. The lowest BCUT2D eigenvalue weighted by Crippen LogP contribution is -2.48. The van der Waals surface area contributed by atoms with Gasteiger partial charge < -0.3 is 19.1 Å². The maximum atomic E-state index is 13.2. The summed E-state index contributed by atoms with van der Waals surface area (Å²) in [7, 11) is 0. The van der Waals surface area contributed by atoms with E-state index in [1.807, 2.05) is 17.9 Å². The third-order valence-electron chi connectivity index (χ3n) is 6.56. The van der Waals surface area contributed by atoms with Gasteiger partial charge in [-0.1, -0.05) is 19.1 Å². The monoisotopic (exact) mass is 426 g/mol. The Hall–Kier alpha value is -2.57. The number of piperidine rings is 2. The van der Waals surface area contributed by atoms with E-state index in [0.29, 0.717) is 13.2 Å². The molecule has 7 nitrogen and oxygen atoms in total. The second kappa shape index (κ2) is 9.71. The number of likely N-dealkylation sites (tertiary alicyclic amines) is 1. The van der Waals surface area contributed by atoms with Crippen LogP contribution >= 0.6 is 0 Å². The second-order valence-electron chi connectivity index (χ2n) is 8.69. The first-order valence-corrected chi connectivity index (χ1v) is 11.8. The number of esters is 1. The molecule has 0 saturated carbocycles. The van der Waals surface area contributed by atoms with Crippen molar-refractivity contribution in [2.75, 3.05) is 37.7 Å². The van der Waals surface area contributed by atoms with Crippen molar-refractivity contribution in [2.45, 2.75) is 52.5 Å². The Bertz CT molecular complexity index is 917. The zero-order valence-electron chi connectivity index (χ0n) is 18.8. The first-order valence-electron chi connectivity index (χ1n) is 11.8. The molecule has 31 heavy (non-hydrogen) atoms. The van der Waals surface area contributed by atoms with Crippen molar-refractivity contribution in [2.24, 2.45) is 11.8 Å². The summed E-state index contributed by atoms with van der Waals surface area (Å²) in [5, 5.41) is 0. The number of fused-ring (bicyclic) bond motifs is 1. The average Bonchev–Trinajstić information content (AvgIpc) is 3.18. The molecule has 0 radical (unpaired) electrons. The molecule has 4 rings (SSSR count). The van der Waals surface area contributed by atoms with E-state index in [4.69, 9.17) is 9.72 Å². The first kappa shape index (κ1) is 21.7. The predicted molar refractivity (Wildman–Crippen MR) is 121 cm³/mol. The molecule has 0 N–H and O–H groups in total. The smallest absolute Gasteiger partial charge is 0.310 e. The summed E-state index contributed by atoms with van der Waals surface area (Å²) in [6.45, 7) is 8.27. The standard InChI is InChI=1S/C24H34N4O3/c1-3-13-28-21-10-6-5-9-20(21)25-24(28)26-15-11-18(12-16-26)22(29)27-14-7-8-19(17-27)23(30)31-4-2/h5-6,9-10,18-19H,3-4,7-8,11-17H2,1-2H3. The van der Waals surface area contributed by atoms with Crippen LogP contribution in [0.2, 0.25) is 0 Å². The maximum absolute atomic E-state index is 13.2. The molecule has 2 fully saturated rings. The van der Waals surface area contributed by atoms with Crippen molar-refractivity contribution in [3.05, 3.63) is 24.3 Å². The maximum Gasteiger partial charge on any atom is 0.310 e. The summed E-state index contributed by atoms with van der Waals surface area (Å²) in [6, 6.07) is 8.29. The number of hydrogen-bond acceptors (Lipinski definition) is 5. The van der Waals surface area contributed by atoms with Crippen LogP contribution in [0.25, 0.3) is 11.0 Å². The molecular weight excluding hydrogens is 392 g/mol. The summed E-state index contributed by atoms with van der Waals surface area (Å²) >= 11 is 0. The third-order valence-corrected chi connectivity index (χ3v) is 6.56. The van der Waals surface area contributed by atoms with E-state index in [1.54, 1.807) is 0 Å². The summed E-state index contributed by atoms with van der Waals surface area (Å²) in [5.74, 6) is 0.919. The summed E-state index contributed by atoms with van der Waals surface area (Å²) in [4.78, 5) is 34.4. The van der Waals surface area contributed by atoms with E-state index in [1.165, 1.54) is 5.52 Å². The second-order valence-corrected chi connectivity index (χ2v) is 8.69. The van der Waals surface area contributed by atoms with Gasteiger partial charge in [-0.25, -0.2) is 4.98 Å². The number of anilines is 1. The molecule has 2 aromatic rings. The summed E-state index contributed by atoms with van der Waals surface area (Å²) in [5.41, 5.74) is 2.21. The highest BCUT2D eigenvalue weighted by Gasteiger charge is 2.34. The molecule has 3 heterocycles. The molecule has 1 atom stereocenters. The van der Waals surface area contributed by atoms with E-state index < -0.39 is 0 Å². The minimum atomic E-state index is -0.174. The van der Waals surface area contributed by atoms with Gasteiger partial charge in [-0.05, 0) is 51.2 Å². The molecule has 0 aliphatic carbocycles. The van der Waals surface area contributed by atoms with Gasteiger partial charge in [0, 0.05) is 38.6 Å². The van der Waals surface area contributed by atoms with Gasteiger partial charge >= 0.3 is 5.97 Å². The topological polar surface area (TPSA) is 67.7 Å². The molecule has 2 saturated heterocycles. The largest absolute Gasteiger partial charge is 0.466 e. The number of para-hydroxylation sites is 2. The normalized spacial score (nSPS) is 20.3. The Morgan fingerprint density at radius 1 is 1.06 bits per heavy atom. The van der Waals surface area contributed by atoms with Gasteiger partial charge in [-0.15, -0.1) is 0 Å². The SMILES string of the molecule is CCCn1c(N2CCC(C(=O)N3CCCC(C(=O)OCC)C3)CC2)nc2ccccc21. The minimum Gasteiger partial charge on any atom is -0.466 e. The number of hydrogen-bond donors (Lipinski definition) is 0. The van der Waals surface area contributed by atoms with Gasteiger partial charge in [-0.3, -0.25) is 9.59 Å². The van der Waals surface area contributed by atoms with Gasteiger partial charge in [0.25, 0.3) is 0 Å². The highest BCUT2D eigenvalue weighted by Crippen LogP contribution is 2.29. The fourth-order valence-corrected chi connectivity index (χ4v) is 4.96. The van der Waals surface area contributed by atoms with Crippen LogP contribution in [0.3, 0.4) is 0 Å². The van der Waals surface area contributed by atoms with Crippen molar-refractivity contribution in [1.82, 2.24) is 14.5 Å². The number of carbonyl (C=O) groups is 2. The van der Waals surface area contributed by atoms with Crippen molar-refractivity contribution in [3.63, 3.8) is 0 Å². The molecule has 2 aliphatic rings. The van der Waals surface area contributed by atoms with Gasteiger partial charge in [0.05, 0.1) is 23.6 Å². The fourth-order valence-electron chi connectivity index (χ4n) is 4.96. The fraction of sp³-hybridized carbons (Fsp3) is 0.625. The van der Waals surface area contributed by atoms with Crippen molar-refractivity contribution >= 4 is 28.9 Å². The van der Waals surface area contributed by atoms with E-state index in [0.717, 1.165) is 69.7 Å². The third kappa shape index (κ3) is 4.55. The lowest BCUT2D eigenvalue weighted by molar-refractivity contribution is -0.152. The Morgan fingerprint density at radius 3 is 2.58 bits per heavy atom. The van der Waals surface area contributed by atoms with Crippen LogP contribution < -0.4 is 4.90 Å². The summed E-state index contributed by atoms with van der Waals surface area (Å²) in [6.07, 6.45) is 4.40. The van der Waals surface area contributed by atoms with Crippen LogP contribution in [0, 0.1) is 11.8 Å². The number of rotatable bonds is 6. The Labute approximate surface area is 184 Å². The number of carbonyl (C=O) groups excluding carboxylic acids is 2. The quantitative estimate of drug-likeness (QED) is 0.662. The van der Waals surface area contributed by atoms with Crippen LogP contribution in [0.4, 0.5) is 5.95 Å². The van der Waals surface area contributed by atoms with Gasteiger partial charge in [-0.2, -0.15) is 0 Å². The Balaban J connectivity index is 1.40. The lowest BCUT2D eigenvalue weighted by Gasteiger charge is -2.37. The average molecular weight is 427 g/mol. The highest BCUT2D eigenvalue weighted by atomic mass is 16.5. The van der Waals surface area contributed by atoms with Crippen LogP contribution in [-0.2, 0) is 20.9 Å². The minimum absolute atomic E-state index is 0.0289. The van der Waals surface area contributed by atoms with Gasteiger partial charge in [0.1, 0.15) is 0 Å². The predicted octanol–water partition coefficient (Wildman–Crippen LogP) is 3.46. The molecule has 2 aliphatic heterocycles. The molecular formula is C24H34N4O3. The molecule has 168 valence electrons.